The van der Waals surface area contributed by atoms with Crippen LogP contribution < -0.4 is 0 Å². The van der Waals surface area contributed by atoms with Crippen molar-refractivity contribution in [3.05, 3.63) is 35.7 Å². The number of aromatic nitrogens is 2. The minimum atomic E-state index is 0.124. The van der Waals surface area contributed by atoms with Crippen LogP contribution in [0.4, 0.5) is 0 Å². The normalized spacial score (nSPS) is 17.4. The van der Waals surface area contributed by atoms with Crippen LogP contribution in [0.2, 0.25) is 0 Å². The topological polar surface area (TPSA) is 52.2 Å². The van der Waals surface area contributed by atoms with Gasteiger partial charge in [0.25, 0.3) is 0 Å². The molecule has 122 valence electrons. The number of nitrogens with zero attached hydrogens (tertiary/aromatic N) is 3. The van der Waals surface area contributed by atoms with Gasteiger partial charge >= 0.3 is 0 Å². The van der Waals surface area contributed by atoms with Crippen molar-refractivity contribution in [2.75, 3.05) is 32.7 Å². The Morgan fingerprint density at radius 2 is 1.87 bits per heavy atom. The number of benzene rings is 1. The number of piperazine rings is 1. The van der Waals surface area contributed by atoms with Gasteiger partial charge in [-0.1, -0.05) is 19.1 Å². The van der Waals surface area contributed by atoms with Gasteiger partial charge < -0.3 is 14.8 Å². The van der Waals surface area contributed by atoms with Gasteiger partial charge in [0, 0.05) is 37.3 Å². The van der Waals surface area contributed by atoms with Crippen LogP contribution in [0.25, 0.3) is 16.6 Å². The summed E-state index contributed by atoms with van der Waals surface area (Å²) in [4.78, 5) is 24.9. The Balaban J connectivity index is 1.80. The number of amides is 1. The van der Waals surface area contributed by atoms with Gasteiger partial charge in [-0.25, -0.2) is 4.98 Å². The first kappa shape index (κ1) is 15.7. The molecule has 0 bridgehead atoms. The van der Waals surface area contributed by atoms with Crippen molar-refractivity contribution in [3.8, 4) is 0 Å². The van der Waals surface area contributed by atoms with Crippen molar-refractivity contribution in [2.24, 2.45) is 0 Å². The van der Waals surface area contributed by atoms with Crippen molar-refractivity contribution in [1.29, 1.82) is 0 Å². The third-order valence-corrected chi connectivity index (χ3v) is 4.73. The summed E-state index contributed by atoms with van der Waals surface area (Å²) in [6, 6.07) is 7.93. The summed E-state index contributed by atoms with van der Waals surface area (Å²) >= 11 is 0. The van der Waals surface area contributed by atoms with Crippen LogP contribution in [0.5, 0.6) is 0 Å². The molecule has 0 atom stereocenters. The monoisotopic (exact) mass is 312 g/mol. The molecule has 1 fully saturated rings. The maximum atomic E-state index is 12.7. The Kier molecular flexibility index (Phi) is 4.48. The standard InChI is InChI=1S/C18H24N4O/c1-4-21-9-11-22(12-10-21)18(23)14(3)13(2)17-19-15-7-5-6-8-16(15)20-17/h5-8H,4,9-12H2,1-3H3,(H,19,20)/b14-13+. The molecule has 2 heterocycles. The Morgan fingerprint density at radius 3 is 2.52 bits per heavy atom. The van der Waals surface area contributed by atoms with Gasteiger partial charge in [-0.05, 0) is 32.5 Å². The fraction of sp³-hybridized carbons (Fsp3) is 0.444. The number of para-hydroxylation sites is 2. The van der Waals surface area contributed by atoms with Crippen molar-refractivity contribution in [2.45, 2.75) is 20.8 Å². The molecule has 0 radical (unpaired) electrons. The first-order valence-corrected chi connectivity index (χ1v) is 8.24. The van der Waals surface area contributed by atoms with Crippen LogP contribution in [0.3, 0.4) is 0 Å². The molecular weight excluding hydrogens is 288 g/mol. The zero-order valence-corrected chi connectivity index (χ0v) is 14.1. The number of aromatic amines is 1. The largest absolute Gasteiger partial charge is 0.338 e. The molecule has 23 heavy (non-hydrogen) atoms. The molecule has 0 saturated carbocycles. The minimum Gasteiger partial charge on any atom is -0.338 e. The zero-order valence-electron chi connectivity index (χ0n) is 14.1. The molecule has 3 rings (SSSR count). The quantitative estimate of drug-likeness (QED) is 0.886. The Morgan fingerprint density at radius 1 is 1.17 bits per heavy atom. The molecule has 0 spiro atoms. The van der Waals surface area contributed by atoms with E-state index in [1.54, 1.807) is 0 Å². The molecular formula is C18H24N4O. The van der Waals surface area contributed by atoms with E-state index in [-0.39, 0.29) is 5.91 Å². The number of carbonyl (C=O) groups is 1. The predicted octanol–water partition coefficient (Wildman–Crippen LogP) is 2.52. The highest BCUT2D eigenvalue weighted by atomic mass is 16.2. The summed E-state index contributed by atoms with van der Waals surface area (Å²) in [6.07, 6.45) is 0. The SMILES string of the molecule is CCN1CCN(C(=O)/C(C)=C(\C)c2nc3ccccc3[nH]2)CC1. The molecule has 5 heteroatoms. The van der Waals surface area contributed by atoms with E-state index >= 15 is 0 Å². The number of imidazole rings is 1. The van der Waals surface area contributed by atoms with Crippen LogP contribution in [-0.2, 0) is 4.79 Å². The molecule has 1 aliphatic heterocycles. The molecule has 5 nitrogen and oxygen atoms in total. The number of rotatable bonds is 3. The van der Waals surface area contributed by atoms with Gasteiger partial charge in [0.2, 0.25) is 5.91 Å². The van der Waals surface area contributed by atoms with Gasteiger partial charge in [0.1, 0.15) is 5.82 Å². The van der Waals surface area contributed by atoms with Crippen LogP contribution in [0.15, 0.2) is 29.8 Å². The molecule has 1 aromatic heterocycles. The third-order valence-electron chi connectivity index (χ3n) is 4.73. The summed E-state index contributed by atoms with van der Waals surface area (Å²) in [6.45, 7) is 10.6. The lowest BCUT2D eigenvalue weighted by atomic mass is 10.1. The first-order chi connectivity index (χ1) is 11.1. The van der Waals surface area contributed by atoms with E-state index in [0.717, 1.165) is 60.7 Å². The second-order valence-corrected chi connectivity index (χ2v) is 6.08. The van der Waals surface area contributed by atoms with Gasteiger partial charge in [-0.15, -0.1) is 0 Å². The highest BCUT2D eigenvalue weighted by Crippen LogP contribution is 2.21. The van der Waals surface area contributed by atoms with Crippen molar-refractivity contribution in [1.82, 2.24) is 19.8 Å². The average Bonchev–Trinajstić information content (AvgIpc) is 3.04. The summed E-state index contributed by atoms with van der Waals surface area (Å²) in [5.41, 5.74) is 3.62. The van der Waals surface area contributed by atoms with Crippen LogP contribution in [0.1, 0.15) is 26.6 Å². The van der Waals surface area contributed by atoms with Gasteiger partial charge in [0.05, 0.1) is 11.0 Å². The second-order valence-electron chi connectivity index (χ2n) is 6.08. The number of carbonyl (C=O) groups excluding carboxylic acids is 1. The van der Waals surface area contributed by atoms with Gasteiger partial charge in [0.15, 0.2) is 0 Å². The van der Waals surface area contributed by atoms with Gasteiger partial charge in [-0.2, -0.15) is 0 Å². The second kappa shape index (κ2) is 6.54. The predicted molar refractivity (Wildman–Crippen MR) is 93.1 cm³/mol. The van der Waals surface area contributed by atoms with E-state index in [1.807, 2.05) is 43.0 Å². The average molecular weight is 312 g/mol. The number of likely N-dealkylation sites (N-methyl/N-ethyl adjacent to an activating group) is 1. The Labute approximate surface area is 137 Å². The maximum Gasteiger partial charge on any atom is 0.249 e. The highest BCUT2D eigenvalue weighted by Gasteiger charge is 2.22. The smallest absolute Gasteiger partial charge is 0.249 e. The number of hydrogen-bond donors (Lipinski definition) is 1. The van der Waals surface area contributed by atoms with E-state index in [1.165, 1.54) is 0 Å². The molecule has 1 aromatic carbocycles. The first-order valence-electron chi connectivity index (χ1n) is 8.24. The number of H-pyrrole nitrogens is 1. The molecule has 2 aromatic rings. The molecule has 0 unspecified atom stereocenters. The number of fused-ring (bicyclic) bond motifs is 1. The van der Waals surface area contributed by atoms with Crippen LogP contribution in [-0.4, -0.2) is 58.4 Å². The summed E-state index contributed by atoms with van der Waals surface area (Å²) < 4.78 is 0. The fourth-order valence-corrected chi connectivity index (χ4v) is 2.97. The van der Waals surface area contributed by atoms with Gasteiger partial charge in [-0.3, -0.25) is 4.79 Å². The lowest BCUT2D eigenvalue weighted by molar-refractivity contribution is -0.128. The molecule has 0 aliphatic carbocycles. The number of hydrogen-bond acceptors (Lipinski definition) is 3. The molecule has 1 amide bonds. The lowest BCUT2D eigenvalue weighted by Crippen LogP contribution is -2.48. The number of nitrogens with one attached hydrogen (secondary N) is 1. The molecule has 1 N–H and O–H groups in total. The highest BCUT2D eigenvalue weighted by molar-refractivity contribution is 6.00. The van der Waals surface area contributed by atoms with E-state index in [2.05, 4.69) is 21.8 Å². The summed E-state index contributed by atoms with van der Waals surface area (Å²) in [5.74, 6) is 0.906. The summed E-state index contributed by atoms with van der Waals surface area (Å²) in [7, 11) is 0. The van der Waals surface area contributed by atoms with E-state index in [4.69, 9.17) is 0 Å². The molecule has 1 saturated heterocycles. The minimum absolute atomic E-state index is 0.124. The number of allylic oxidation sites excluding steroid dienone is 1. The zero-order chi connectivity index (χ0) is 16.4. The maximum absolute atomic E-state index is 12.7. The lowest BCUT2D eigenvalue weighted by Gasteiger charge is -2.34. The van der Waals surface area contributed by atoms with Crippen molar-refractivity contribution in [3.63, 3.8) is 0 Å². The van der Waals surface area contributed by atoms with Crippen molar-refractivity contribution >= 4 is 22.5 Å². The van der Waals surface area contributed by atoms with E-state index in [0.29, 0.717) is 0 Å². The van der Waals surface area contributed by atoms with E-state index < -0.39 is 0 Å². The van der Waals surface area contributed by atoms with Crippen LogP contribution in [0, 0.1) is 0 Å². The third kappa shape index (κ3) is 3.15. The Hall–Kier alpha value is -2.14. The van der Waals surface area contributed by atoms with Crippen molar-refractivity contribution < 1.29 is 4.79 Å². The van der Waals surface area contributed by atoms with E-state index in [9.17, 15) is 4.79 Å². The summed E-state index contributed by atoms with van der Waals surface area (Å²) in [5, 5.41) is 0. The fourth-order valence-electron chi connectivity index (χ4n) is 2.97. The van der Waals surface area contributed by atoms with Crippen LogP contribution >= 0.6 is 0 Å². The molecule has 1 aliphatic rings. The Bertz CT molecular complexity index is 705.